The Labute approximate surface area is 190 Å². The lowest BCUT2D eigenvalue weighted by Gasteiger charge is -2.36. The number of aromatic nitrogens is 2. The Hall–Kier alpha value is -3.51. The summed E-state index contributed by atoms with van der Waals surface area (Å²) in [5.74, 6) is -1.77. The highest BCUT2D eigenvalue weighted by atomic mass is 19.4. The average molecular weight is 478 g/mol. The molecule has 8 nitrogen and oxygen atoms in total. The predicted molar refractivity (Wildman–Crippen MR) is 110 cm³/mol. The van der Waals surface area contributed by atoms with Gasteiger partial charge in [0.2, 0.25) is 0 Å². The number of hydrogen-bond acceptors (Lipinski definition) is 7. The maximum atomic E-state index is 14.8. The molecule has 1 saturated heterocycles. The fraction of sp³-hybridized carbons (Fsp3) is 0.318. The normalized spacial score (nSPS) is 18.2. The minimum absolute atomic E-state index is 0.00657. The minimum Gasteiger partial charge on any atom is -0.406 e. The number of ether oxygens (including phenoxy) is 3. The van der Waals surface area contributed by atoms with E-state index in [0.29, 0.717) is 36.0 Å². The number of benzene rings is 1. The summed E-state index contributed by atoms with van der Waals surface area (Å²) >= 11 is 0. The molecule has 1 amide bonds. The molecule has 1 fully saturated rings. The Morgan fingerprint density at radius 2 is 1.97 bits per heavy atom. The van der Waals surface area contributed by atoms with Crippen molar-refractivity contribution in [3.8, 4) is 5.75 Å². The summed E-state index contributed by atoms with van der Waals surface area (Å²) in [6, 6.07) is 3.52. The van der Waals surface area contributed by atoms with E-state index >= 15 is 0 Å². The van der Waals surface area contributed by atoms with E-state index < -0.39 is 29.9 Å². The number of nitrogens with zero attached hydrogens (tertiary/aromatic N) is 3. The zero-order chi connectivity index (χ0) is 24.0. The third-order valence-corrected chi connectivity index (χ3v) is 5.79. The molecule has 2 N–H and O–H groups in total. The van der Waals surface area contributed by atoms with Crippen molar-refractivity contribution in [2.75, 3.05) is 25.5 Å². The Morgan fingerprint density at radius 3 is 2.74 bits per heavy atom. The molecule has 34 heavy (non-hydrogen) atoms. The summed E-state index contributed by atoms with van der Waals surface area (Å²) in [6.07, 6.45) is -3.51. The van der Waals surface area contributed by atoms with Crippen LogP contribution in [0.1, 0.15) is 33.2 Å². The number of fused-ring (bicyclic) bond motifs is 3. The van der Waals surface area contributed by atoms with Crippen molar-refractivity contribution < 1.29 is 36.6 Å². The Morgan fingerprint density at radius 1 is 1.18 bits per heavy atom. The van der Waals surface area contributed by atoms with Gasteiger partial charge in [-0.3, -0.25) is 4.79 Å². The summed E-state index contributed by atoms with van der Waals surface area (Å²) in [4.78, 5) is 23.3. The Balaban J connectivity index is 1.47. The van der Waals surface area contributed by atoms with Gasteiger partial charge >= 0.3 is 6.36 Å². The average Bonchev–Trinajstić information content (AvgIpc) is 3.29. The van der Waals surface area contributed by atoms with Gasteiger partial charge in [0.05, 0.1) is 44.2 Å². The van der Waals surface area contributed by atoms with Crippen molar-refractivity contribution in [1.29, 1.82) is 0 Å². The lowest BCUT2D eigenvalue weighted by atomic mass is 10.0. The highest BCUT2D eigenvalue weighted by molar-refractivity contribution is 5.97. The molecule has 2 aliphatic rings. The molecule has 2 aliphatic heterocycles. The molecule has 0 saturated carbocycles. The number of carbonyl (C=O) groups is 1. The van der Waals surface area contributed by atoms with Crippen molar-refractivity contribution >= 4 is 22.6 Å². The van der Waals surface area contributed by atoms with Crippen LogP contribution in [0.2, 0.25) is 0 Å². The molecule has 4 heterocycles. The van der Waals surface area contributed by atoms with Crippen molar-refractivity contribution in [3.05, 3.63) is 58.7 Å². The monoisotopic (exact) mass is 478 g/mol. The SMILES string of the molecule is Nc1nc2cnc(C(=O)N3CCOC[C@@H]3c3ccc(OC(F)(F)F)cc3F)cc2c2c1COC2. The van der Waals surface area contributed by atoms with Gasteiger partial charge in [0.1, 0.15) is 23.1 Å². The van der Waals surface area contributed by atoms with E-state index in [1.54, 1.807) is 6.07 Å². The highest BCUT2D eigenvalue weighted by Crippen LogP contribution is 2.34. The summed E-state index contributed by atoms with van der Waals surface area (Å²) in [6.45, 7) is 0.984. The fourth-order valence-electron chi connectivity index (χ4n) is 4.22. The number of halogens is 4. The van der Waals surface area contributed by atoms with E-state index in [-0.39, 0.29) is 31.0 Å². The number of hydrogen-bond donors (Lipinski definition) is 1. The van der Waals surface area contributed by atoms with Crippen molar-refractivity contribution in [1.82, 2.24) is 14.9 Å². The maximum Gasteiger partial charge on any atom is 0.573 e. The van der Waals surface area contributed by atoms with Gasteiger partial charge in [0, 0.05) is 29.1 Å². The van der Waals surface area contributed by atoms with Gasteiger partial charge < -0.3 is 24.8 Å². The van der Waals surface area contributed by atoms with E-state index in [4.69, 9.17) is 15.2 Å². The summed E-state index contributed by atoms with van der Waals surface area (Å²) in [5.41, 5.74) is 8.22. The summed E-state index contributed by atoms with van der Waals surface area (Å²) < 4.78 is 66.8. The third kappa shape index (κ3) is 4.10. The quantitative estimate of drug-likeness (QED) is 0.576. The van der Waals surface area contributed by atoms with Crippen molar-refractivity contribution in [3.63, 3.8) is 0 Å². The smallest absolute Gasteiger partial charge is 0.406 e. The number of carbonyl (C=O) groups excluding carboxylic acids is 1. The van der Waals surface area contributed by atoms with Gasteiger partial charge in [0.25, 0.3) is 5.91 Å². The van der Waals surface area contributed by atoms with Crippen LogP contribution >= 0.6 is 0 Å². The number of nitrogens with two attached hydrogens (primary N) is 1. The van der Waals surface area contributed by atoms with Crippen LogP contribution in [-0.2, 0) is 22.7 Å². The first-order valence-electron chi connectivity index (χ1n) is 10.3. The lowest BCUT2D eigenvalue weighted by Crippen LogP contribution is -2.44. The first-order chi connectivity index (χ1) is 16.2. The van der Waals surface area contributed by atoms with E-state index in [1.807, 2.05) is 0 Å². The number of nitrogen functional groups attached to an aromatic ring is 1. The standard InChI is InChI=1S/C22H18F4N4O4/c23-16-5-11(34-22(24,25)26)1-2-12(16)19-10-32-4-3-30(19)21(31)17-6-13-14-8-33-9-15(14)20(27)29-18(13)7-28-17/h1-2,5-7,19H,3-4,8-10H2,(H2,27,29)/t19-/m1/s1. The van der Waals surface area contributed by atoms with Crippen LogP contribution in [0, 0.1) is 5.82 Å². The number of morpholine rings is 1. The van der Waals surface area contributed by atoms with Crippen LogP contribution in [0.25, 0.3) is 10.9 Å². The topological polar surface area (TPSA) is 99.8 Å². The van der Waals surface area contributed by atoms with Crippen molar-refractivity contribution in [2.45, 2.75) is 25.6 Å². The van der Waals surface area contributed by atoms with Crippen LogP contribution in [0.5, 0.6) is 5.75 Å². The molecule has 3 aromatic rings. The Bertz CT molecular complexity index is 1280. The second-order valence-electron chi connectivity index (χ2n) is 7.85. The molecule has 2 aromatic heterocycles. The minimum atomic E-state index is -4.95. The predicted octanol–water partition coefficient (Wildman–Crippen LogP) is 3.49. The summed E-state index contributed by atoms with van der Waals surface area (Å²) in [7, 11) is 0. The molecule has 5 rings (SSSR count). The number of rotatable bonds is 3. The molecule has 1 atom stereocenters. The third-order valence-electron chi connectivity index (χ3n) is 5.79. The molecule has 12 heteroatoms. The van der Waals surface area contributed by atoms with Crippen LogP contribution < -0.4 is 10.5 Å². The van der Waals surface area contributed by atoms with E-state index in [9.17, 15) is 22.4 Å². The molecule has 0 unspecified atom stereocenters. The molecule has 0 spiro atoms. The van der Waals surface area contributed by atoms with Gasteiger partial charge in [-0.1, -0.05) is 6.07 Å². The summed E-state index contributed by atoms with van der Waals surface area (Å²) in [5, 5.41) is 0.685. The van der Waals surface area contributed by atoms with Gasteiger partial charge in [-0.25, -0.2) is 14.4 Å². The zero-order valence-electron chi connectivity index (χ0n) is 17.6. The zero-order valence-corrected chi connectivity index (χ0v) is 17.6. The van der Waals surface area contributed by atoms with Crippen LogP contribution in [-0.4, -0.2) is 46.9 Å². The first-order valence-corrected chi connectivity index (χ1v) is 10.3. The highest BCUT2D eigenvalue weighted by Gasteiger charge is 2.34. The second kappa shape index (κ2) is 8.37. The van der Waals surface area contributed by atoms with Gasteiger partial charge in [0.15, 0.2) is 0 Å². The number of alkyl halides is 3. The molecular weight excluding hydrogens is 460 g/mol. The number of pyridine rings is 2. The lowest BCUT2D eigenvalue weighted by molar-refractivity contribution is -0.274. The van der Waals surface area contributed by atoms with E-state index in [1.165, 1.54) is 11.1 Å². The first kappa shape index (κ1) is 22.3. The van der Waals surface area contributed by atoms with Gasteiger partial charge in [-0.15, -0.1) is 13.2 Å². The fourth-order valence-corrected chi connectivity index (χ4v) is 4.22. The van der Waals surface area contributed by atoms with Gasteiger partial charge in [-0.2, -0.15) is 0 Å². The molecule has 1 aromatic carbocycles. The molecule has 178 valence electrons. The van der Waals surface area contributed by atoms with Crippen LogP contribution in [0.15, 0.2) is 30.5 Å². The van der Waals surface area contributed by atoms with E-state index in [0.717, 1.165) is 23.3 Å². The number of amides is 1. The number of anilines is 1. The van der Waals surface area contributed by atoms with Gasteiger partial charge in [-0.05, 0) is 17.7 Å². The largest absolute Gasteiger partial charge is 0.573 e. The Kier molecular flexibility index (Phi) is 5.48. The van der Waals surface area contributed by atoms with E-state index in [2.05, 4.69) is 14.7 Å². The second-order valence-corrected chi connectivity index (χ2v) is 7.85. The van der Waals surface area contributed by atoms with Crippen LogP contribution in [0.3, 0.4) is 0 Å². The van der Waals surface area contributed by atoms with Crippen molar-refractivity contribution in [2.24, 2.45) is 0 Å². The molecule has 0 radical (unpaired) electrons. The maximum absolute atomic E-state index is 14.8. The van der Waals surface area contributed by atoms with Crippen LogP contribution in [0.4, 0.5) is 23.4 Å². The molecular formula is C22H18F4N4O4. The molecule has 0 aliphatic carbocycles. The molecule has 0 bridgehead atoms.